The van der Waals surface area contributed by atoms with Crippen LogP contribution in [-0.2, 0) is 27.3 Å². The lowest BCUT2D eigenvalue weighted by atomic mass is 10.1. The van der Waals surface area contributed by atoms with Crippen LogP contribution in [0.15, 0.2) is 42.5 Å². The van der Waals surface area contributed by atoms with Gasteiger partial charge in [0.05, 0.1) is 6.54 Å². The first kappa shape index (κ1) is 23.0. The Morgan fingerprint density at radius 3 is 2.23 bits per heavy atom. The molecule has 0 radical (unpaired) electrons. The molecule has 0 saturated carbocycles. The quantitative estimate of drug-likeness (QED) is 0.380. The summed E-state index contributed by atoms with van der Waals surface area (Å²) < 4.78 is 10.6. The van der Waals surface area contributed by atoms with E-state index in [0.717, 1.165) is 35.1 Å². The zero-order chi connectivity index (χ0) is 21.9. The second-order valence-electron chi connectivity index (χ2n) is 6.13. The van der Waals surface area contributed by atoms with Gasteiger partial charge in [-0.25, -0.2) is 9.59 Å². The van der Waals surface area contributed by atoms with Crippen LogP contribution in [-0.4, -0.2) is 47.9 Å². The highest BCUT2D eigenvalue weighted by molar-refractivity contribution is 6.30. The second-order valence-corrected chi connectivity index (χ2v) is 6.56. The Labute approximate surface area is 177 Å². The topological polar surface area (TPSA) is 134 Å². The number of hydrogen-bond acceptors (Lipinski definition) is 6. The summed E-state index contributed by atoms with van der Waals surface area (Å²) >= 11 is 5.85. The van der Waals surface area contributed by atoms with E-state index in [1.807, 2.05) is 42.5 Å². The number of carboxylic acid groups (broad SMARTS) is 2. The molecular weight excluding hydrogens is 416 g/mol. The molecule has 0 fully saturated rings. The lowest BCUT2D eigenvalue weighted by Crippen LogP contribution is -2.34. The number of rotatable bonds is 7. The first-order chi connectivity index (χ1) is 14.3. The van der Waals surface area contributed by atoms with Gasteiger partial charge in [-0.3, -0.25) is 4.79 Å². The van der Waals surface area contributed by atoms with Crippen molar-refractivity contribution in [1.29, 1.82) is 0 Å². The Kier molecular flexibility index (Phi) is 8.92. The van der Waals surface area contributed by atoms with Crippen molar-refractivity contribution >= 4 is 29.4 Å². The molecule has 1 aliphatic heterocycles. The van der Waals surface area contributed by atoms with Crippen molar-refractivity contribution in [2.24, 2.45) is 0 Å². The van der Waals surface area contributed by atoms with Crippen LogP contribution in [0.4, 0.5) is 0 Å². The number of carbonyl (C=O) groups excluding carboxylic acids is 1. The van der Waals surface area contributed by atoms with Crippen LogP contribution in [0.1, 0.15) is 11.1 Å². The van der Waals surface area contributed by atoms with Gasteiger partial charge in [-0.05, 0) is 48.4 Å². The first-order valence-electron chi connectivity index (χ1n) is 8.91. The average molecular weight is 437 g/mol. The number of amides is 1. The van der Waals surface area contributed by atoms with Gasteiger partial charge >= 0.3 is 11.9 Å². The highest BCUT2D eigenvalue weighted by Crippen LogP contribution is 2.32. The highest BCUT2D eigenvalue weighted by Gasteiger charge is 2.13. The SMILES string of the molecule is O=C(CNCCc1ccc(Cl)cc1)NCc1ccc2c(c1)OCO2.O=C(O)C(=O)O. The van der Waals surface area contributed by atoms with E-state index in [-0.39, 0.29) is 19.2 Å². The summed E-state index contributed by atoms with van der Waals surface area (Å²) in [6.45, 7) is 1.74. The van der Waals surface area contributed by atoms with Gasteiger partial charge in [0, 0.05) is 11.6 Å². The summed E-state index contributed by atoms with van der Waals surface area (Å²) in [5, 5.41) is 21.5. The molecule has 30 heavy (non-hydrogen) atoms. The van der Waals surface area contributed by atoms with Crippen molar-refractivity contribution in [1.82, 2.24) is 10.6 Å². The molecule has 160 valence electrons. The van der Waals surface area contributed by atoms with Crippen LogP contribution in [0.5, 0.6) is 11.5 Å². The maximum atomic E-state index is 11.9. The van der Waals surface area contributed by atoms with Crippen molar-refractivity contribution in [2.45, 2.75) is 13.0 Å². The minimum absolute atomic E-state index is 0.0382. The van der Waals surface area contributed by atoms with Crippen LogP contribution in [0.2, 0.25) is 5.02 Å². The number of ether oxygens (including phenoxy) is 2. The van der Waals surface area contributed by atoms with Crippen LogP contribution in [0.3, 0.4) is 0 Å². The molecule has 0 bridgehead atoms. The Balaban J connectivity index is 0.000000469. The van der Waals surface area contributed by atoms with Crippen molar-refractivity contribution in [2.75, 3.05) is 19.9 Å². The predicted octanol–water partition coefficient (Wildman–Crippen LogP) is 1.67. The molecule has 0 unspecified atom stereocenters. The van der Waals surface area contributed by atoms with E-state index < -0.39 is 11.9 Å². The van der Waals surface area contributed by atoms with E-state index in [0.29, 0.717) is 6.54 Å². The number of nitrogens with one attached hydrogen (secondary N) is 2. The van der Waals surface area contributed by atoms with Gasteiger partial charge in [0.1, 0.15) is 0 Å². The van der Waals surface area contributed by atoms with Gasteiger partial charge in [0.2, 0.25) is 12.7 Å². The zero-order valence-electron chi connectivity index (χ0n) is 15.9. The van der Waals surface area contributed by atoms with E-state index in [1.165, 1.54) is 5.56 Å². The summed E-state index contributed by atoms with van der Waals surface area (Å²) in [5.74, 6) is -2.22. The second kappa shape index (κ2) is 11.6. The minimum Gasteiger partial charge on any atom is -0.473 e. The third-order valence-corrected chi connectivity index (χ3v) is 4.15. The van der Waals surface area contributed by atoms with E-state index >= 15 is 0 Å². The third-order valence-electron chi connectivity index (χ3n) is 3.90. The van der Waals surface area contributed by atoms with E-state index in [4.69, 9.17) is 40.9 Å². The molecule has 3 rings (SSSR count). The summed E-state index contributed by atoms with van der Waals surface area (Å²) in [7, 11) is 0. The molecule has 0 aromatic heterocycles. The lowest BCUT2D eigenvalue weighted by Gasteiger charge is -2.08. The molecule has 0 atom stereocenters. The zero-order valence-corrected chi connectivity index (χ0v) is 16.6. The summed E-state index contributed by atoms with van der Waals surface area (Å²) in [6.07, 6.45) is 0.854. The van der Waals surface area contributed by atoms with Crippen molar-refractivity contribution in [3.63, 3.8) is 0 Å². The van der Waals surface area contributed by atoms with Crippen molar-refractivity contribution < 1.29 is 34.1 Å². The van der Waals surface area contributed by atoms with Gasteiger partial charge in [-0.15, -0.1) is 0 Å². The van der Waals surface area contributed by atoms with Gasteiger partial charge in [-0.1, -0.05) is 29.8 Å². The number of carboxylic acids is 2. The van der Waals surface area contributed by atoms with Gasteiger partial charge in [0.25, 0.3) is 0 Å². The Bertz CT molecular complexity index is 875. The highest BCUT2D eigenvalue weighted by atomic mass is 35.5. The first-order valence-corrected chi connectivity index (χ1v) is 9.29. The third kappa shape index (κ3) is 7.98. The monoisotopic (exact) mass is 436 g/mol. The van der Waals surface area contributed by atoms with E-state index in [1.54, 1.807) is 0 Å². The normalized spacial score (nSPS) is 11.2. The fourth-order valence-corrected chi connectivity index (χ4v) is 2.53. The molecule has 1 heterocycles. The number of carbonyl (C=O) groups is 3. The molecule has 2 aromatic carbocycles. The smallest absolute Gasteiger partial charge is 0.414 e. The Hall–Kier alpha value is -3.30. The molecule has 10 heteroatoms. The number of aliphatic carboxylic acids is 2. The maximum absolute atomic E-state index is 11.9. The van der Waals surface area contributed by atoms with Crippen molar-refractivity contribution in [3.8, 4) is 11.5 Å². The number of halogens is 1. The largest absolute Gasteiger partial charge is 0.473 e. The van der Waals surface area contributed by atoms with Gasteiger partial charge in [0.15, 0.2) is 11.5 Å². The van der Waals surface area contributed by atoms with Gasteiger partial charge in [-0.2, -0.15) is 0 Å². The molecule has 0 saturated heterocycles. The Morgan fingerprint density at radius 2 is 1.57 bits per heavy atom. The molecule has 1 aliphatic rings. The molecule has 9 nitrogen and oxygen atoms in total. The number of fused-ring (bicyclic) bond motifs is 1. The summed E-state index contributed by atoms with van der Waals surface area (Å²) in [4.78, 5) is 30.1. The van der Waals surface area contributed by atoms with Crippen LogP contribution in [0, 0.1) is 0 Å². The number of hydrogen-bond donors (Lipinski definition) is 4. The molecule has 2 aromatic rings. The minimum atomic E-state index is -1.82. The van der Waals surface area contributed by atoms with Crippen molar-refractivity contribution in [3.05, 3.63) is 58.6 Å². The summed E-state index contributed by atoms with van der Waals surface area (Å²) in [5.41, 5.74) is 2.17. The molecule has 4 N–H and O–H groups in total. The fourth-order valence-electron chi connectivity index (χ4n) is 2.40. The average Bonchev–Trinajstić information content (AvgIpc) is 3.19. The molecular formula is C20H21ClN2O7. The van der Waals surface area contributed by atoms with Crippen LogP contribution < -0.4 is 20.1 Å². The number of benzene rings is 2. The van der Waals surface area contributed by atoms with Gasteiger partial charge < -0.3 is 30.3 Å². The lowest BCUT2D eigenvalue weighted by molar-refractivity contribution is -0.159. The molecule has 0 spiro atoms. The molecule has 0 aliphatic carbocycles. The fraction of sp³-hybridized carbons (Fsp3) is 0.250. The summed E-state index contributed by atoms with van der Waals surface area (Å²) in [6, 6.07) is 13.4. The predicted molar refractivity (Wildman–Crippen MR) is 108 cm³/mol. The van der Waals surface area contributed by atoms with E-state index in [9.17, 15) is 4.79 Å². The maximum Gasteiger partial charge on any atom is 0.414 e. The van der Waals surface area contributed by atoms with Crippen LogP contribution >= 0.6 is 11.6 Å². The Morgan fingerprint density at radius 1 is 0.933 bits per heavy atom. The molecule has 1 amide bonds. The standard InChI is InChI=1S/C18H19ClN2O3.C2H2O4/c19-15-4-1-13(2-5-15)7-8-20-11-18(22)21-10-14-3-6-16-17(9-14)24-12-23-16;3-1(4)2(5)6/h1-6,9,20H,7-8,10-12H2,(H,21,22);(H,3,4)(H,5,6). The van der Waals surface area contributed by atoms with E-state index in [2.05, 4.69) is 10.6 Å². The van der Waals surface area contributed by atoms with Crippen LogP contribution in [0.25, 0.3) is 0 Å².